The van der Waals surface area contributed by atoms with Gasteiger partial charge in [-0.25, -0.2) is 0 Å². The molecule has 1 aromatic rings. The van der Waals surface area contributed by atoms with Crippen LogP contribution in [0.25, 0.3) is 0 Å². The van der Waals surface area contributed by atoms with E-state index in [1.807, 2.05) is 18.2 Å². The van der Waals surface area contributed by atoms with E-state index >= 15 is 0 Å². The van der Waals surface area contributed by atoms with E-state index in [4.69, 9.17) is 15.2 Å². The number of methoxy groups -OCH3 is 2. The quantitative estimate of drug-likeness (QED) is 0.461. The number of benzene rings is 1. The molecule has 78 valence electrons. The number of hydrogen-bond acceptors (Lipinski definition) is 4. The predicted molar refractivity (Wildman–Crippen MR) is 60.0 cm³/mol. The molecule has 0 bridgehead atoms. The summed E-state index contributed by atoms with van der Waals surface area (Å²) in [5.74, 6) is 1.63. The van der Waals surface area contributed by atoms with Crippen molar-refractivity contribution in [3.8, 4) is 5.75 Å². The third kappa shape index (κ3) is 2.82. The molecule has 1 aromatic carbocycles. The van der Waals surface area contributed by atoms with Crippen molar-refractivity contribution in [1.82, 2.24) is 0 Å². The molecule has 2 N–H and O–H groups in total. The second-order valence-corrected chi connectivity index (χ2v) is 3.85. The first-order valence-electron chi connectivity index (χ1n) is 4.33. The average molecular weight is 213 g/mol. The molecule has 0 unspecified atom stereocenters. The first kappa shape index (κ1) is 11.2. The molecule has 0 fully saturated rings. The number of anilines is 1. The van der Waals surface area contributed by atoms with Gasteiger partial charge in [-0.05, 0) is 12.1 Å². The minimum absolute atomic E-state index is 0.705. The second kappa shape index (κ2) is 5.78. The molecular weight excluding hydrogens is 198 g/mol. The normalized spacial score (nSPS) is 10.1. The fourth-order valence-corrected chi connectivity index (χ4v) is 1.96. The fraction of sp³-hybridized carbons (Fsp3) is 0.400. The number of rotatable bonds is 5. The lowest BCUT2D eigenvalue weighted by Crippen LogP contribution is -1.96. The Balaban J connectivity index is 2.66. The highest BCUT2D eigenvalue weighted by molar-refractivity contribution is 7.99. The molecule has 0 heterocycles. The maximum Gasteiger partial charge on any atom is 0.142 e. The molecule has 0 radical (unpaired) electrons. The standard InChI is InChI=1S/C10H15NO2S/c1-12-6-7-14-9-5-3-4-8(13-2)10(9)11/h3-5H,6-7,11H2,1-2H3. The first-order chi connectivity index (χ1) is 6.79. The molecule has 0 aromatic heterocycles. The molecule has 3 nitrogen and oxygen atoms in total. The van der Waals surface area contributed by atoms with Gasteiger partial charge in [-0.3, -0.25) is 0 Å². The fourth-order valence-electron chi connectivity index (χ4n) is 1.06. The monoisotopic (exact) mass is 213 g/mol. The number of nitrogens with two attached hydrogens (primary N) is 1. The topological polar surface area (TPSA) is 44.5 Å². The van der Waals surface area contributed by atoms with Crippen molar-refractivity contribution in [1.29, 1.82) is 0 Å². The van der Waals surface area contributed by atoms with Crippen LogP contribution in [0, 0.1) is 0 Å². The molecule has 0 aliphatic rings. The average Bonchev–Trinajstić information content (AvgIpc) is 2.21. The third-order valence-electron chi connectivity index (χ3n) is 1.79. The molecule has 4 heteroatoms. The summed E-state index contributed by atoms with van der Waals surface area (Å²) in [7, 11) is 3.31. The number of ether oxygens (including phenoxy) is 2. The van der Waals surface area contributed by atoms with Crippen molar-refractivity contribution in [2.24, 2.45) is 0 Å². The van der Waals surface area contributed by atoms with Crippen molar-refractivity contribution >= 4 is 17.4 Å². The minimum atomic E-state index is 0.705. The van der Waals surface area contributed by atoms with Gasteiger partial charge >= 0.3 is 0 Å². The Bertz CT molecular complexity index is 291. The molecular formula is C10H15NO2S. The number of nitrogen functional groups attached to an aromatic ring is 1. The van der Waals surface area contributed by atoms with Gasteiger partial charge in [-0.2, -0.15) is 0 Å². The minimum Gasteiger partial charge on any atom is -0.495 e. The van der Waals surface area contributed by atoms with Gasteiger partial charge in [0.15, 0.2) is 0 Å². The molecule has 1 rings (SSSR count). The van der Waals surface area contributed by atoms with Gasteiger partial charge in [-0.1, -0.05) is 6.07 Å². The summed E-state index contributed by atoms with van der Waals surface area (Å²) in [6.07, 6.45) is 0. The Hall–Kier alpha value is -0.870. The maximum atomic E-state index is 5.89. The number of para-hydroxylation sites is 1. The van der Waals surface area contributed by atoms with Crippen LogP contribution in [0.4, 0.5) is 5.69 Å². The van der Waals surface area contributed by atoms with Crippen molar-refractivity contribution in [3.63, 3.8) is 0 Å². The zero-order chi connectivity index (χ0) is 10.4. The number of hydrogen-bond donors (Lipinski definition) is 1. The Morgan fingerprint density at radius 1 is 1.36 bits per heavy atom. The maximum absolute atomic E-state index is 5.89. The van der Waals surface area contributed by atoms with Crippen molar-refractivity contribution in [2.45, 2.75) is 4.90 Å². The molecule has 0 amide bonds. The van der Waals surface area contributed by atoms with E-state index in [9.17, 15) is 0 Å². The summed E-state index contributed by atoms with van der Waals surface area (Å²) in [5, 5.41) is 0. The predicted octanol–water partition coefficient (Wildman–Crippen LogP) is 2.02. The van der Waals surface area contributed by atoms with E-state index < -0.39 is 0 Å². The zero-order valence-corrected chi connectivity index (χ0v) is 9.26. The van der Waals surface area contributed by atoms with Crippen LogP contribution in [0.2, 0.25) is 0 Å². The SMILES string of the molecule is COCCSc1cccc(OC)c1N. The molecule has 0 spiro atoms. The lowest BCUT2D eigenvalue weighted by atomic mass is 10.3. The smallest absolute Gasteiger partial charge is 0.142 e. The second-order valence-electron chi connectivity index (χ2n) is 2.71. The summed E-state index contributed by atoms with van der Waals surface area (Å²) in [4.78, 5) is 1.04. The Morgan fingerprint density at radius 2 is 2.14 bits per heavy atom. The van der Waals surface area contributed by atoms with E-state index in [0.717, 1.165) is 23.0 Å². The van der Waals surface area contributed by atoms with Crippen LogP contribution < -0.4 is 10.5 Å². The van der Waals surface area contributed by atoms with E-state index in [2.05, 4.69) is 0 Å². The van der Waals surface area contributed by atoms with Crippen LogP contribution in [0.3, 0.4) is 0 Å². The molecule has 0 aliphatic heterocycles. The van der Waals surface area contributed by atoms with Crippen molar-refractivity contribution < 1.29 is 9.47 Å². The Morgan fingerprint density at radius 3 is 2.79 bits per heavy atom. The summed E-state index contributed by atoms with van der Waals surface area (Å²) < 4.78 is 10.1. The highest BCUT2D eigenvalue weighted by Gasteiger charge is 2.04. The van der Waals surface area contributed by atoms with Crippen molar-refractivity contribution in [3.05, 3.63) is 18.2 Å². The van der Waals surface area contributed by atoms with E-state index in [-0.39, 0.29) is 0 Å². The summed E-state index contributed by atoms with van der Waals surface area (Å²) in [6, 6.07) is 5.78. The largest absolute Gasteiger partial charge is 0.495 e. The van der Waals surface area contributed by atoms with Gasteiger partial charge < -0.3 is 15.2 Å². The van der Waals surface area contributed by atoms with Crippen LogP contribution in [-0.4, -0.2) is 26.6 Å². The summed E-state index contributed by atoms with van der Waals surface area (Å²) in [6.45, 7) is 0.724. The zero-order valence-electron chi connectivity index (χ0n) is 8.45. The van der Waals surface area contributed by atoms with Crippen LogP contribution in [-0.2, 0) is 4.74 Å². The molecule has 0 saturated heterocycles. The van der Waals surface area contributed by atoms with Crippen LogP contribution >= 0.6 is 11.8 Å². The lowest BCUT2D eigenvalue weighted by Gasteiger charge is -2.08. The van der Waals surface area contributed by atoms with Crippen LogP contribution in [0.15, 0.2) is 23.1 Å². The van der Waals surface area contributed by atoms with Gasteiger partial charge in [0.25, 0.3) is 0 Å². The van der Waals surface area contributed by atoms with Gasteiger partial charge in [0.2, 0.25) is 0 Å². The number of thioether (sulfide) groups is 1. The molecule has 14 heavy (non-hydrogen) atoms. The molecule has 0 aliphatic carbocycles. The van der Waals surface area contributed by atoms with Crippen LogP contribution in [0.5, 0.6) is 5.75 Å². The van der Waals surface area contributed by atoms with E-state index in [1.54, 1.807) is 26.0 Å². The highest BCUT2D eigenvalue weighted by atomic mass is 32.2. The van der Waals surface area contributed by atoms with Gasteiger partial charge in [-0.15, -0.1) is 11.8 Å². The Labute approximate surface area is 88.6 Å². The van der Waals surface area contributed by atoms with Crippen LogP contribution in [0.1, 0.15) is 0 Å². The molecule has 0 atom stereocenters. The van der Waals surface area contributed by atoms with E-state index in [0.29, 0.717) is 5.69 Å². The van der Waals surface area contributed by atoms with Gasteiger partial charge in [0, 0.05) is 17.8 Å². The summed E-state index contributed by atoms with van der Waals surface area (Å²) >= 11 is 1.67. The summed E-state index contributed by atoms with van der Waals surface area (Å²) in [5.41, 5.74) is 6.59. The van der Waals surface area contributed by atoms with Gasteiger partial charge in [0.1, 0.15) is 5.75 Å². The third-order valence-corrected chi connectivity index (χ3v) is 2.83. The Kier molecular flexibility index (Phi) is 4.62. The highest BCUT2D eigenvalue weighted by Crippen LogP contribution is 2.32. The van der Waals surface area contributed by atoms with Gasteiger partial charge in [0.05, 0.1) is 19.4 Å². The first-order valence-corrected chi connectivity index (χ1v) is 5.32. The van der Waals surface area contributed by atoms with Crippen molar-refractivity contribution in [2.75, 3.05) is 32.3 Å². The van der Waals surface area contributed by atoms with E-state index in [1.165, 1.54) is 0 Å². The lowest BCUT2D eigenvalue weighted by molar-refractivity contribution is 0.218. The molecule has 0 saturated carbocycles.